The molecule has 0 aliphatic carbocycles. The van der Waals surface area contributed by atoms with Crippen LogP contribution in [0.3, 0.4) is 0 Å². The molecule has 1 heterocycles. The van der Waals surface area contributed by atoms with Gasteiger partial charge in [-0.3, -0.25) is 14.5 Å². The second-order valence-corrected chi connectivity index (χ2v) is 13.8. The minimum Gasteiger partial charge on any atom is -0.379 e. The van der Waals surface area contributed by atoms with Crippen molar-refractivity contribution < 1.29 is 66.4 Å². The van der Waals surface area contributed by atoms with Gasteiger partial charge in [0.1, 0.15) is 0 Å². The smallest absolute Gasteiger partial charge is 0.253 e. The Kier molecular flexibility index (Phi) is 43.6. The molecule has 0 aromatic heterocycles. The zero-order valence-electron chi connectivity index (χ0n) is 36.2. The van der Waals surface area contributed by atoms with Gasteiger partial charge in [0.15, 0.2) is 0 Å². The molecule has 15 nitrogen and oxygen atoms in total. The average Bonchev–Trinajstić information content (AvgIpc) is 3.55. The number of unbranched alkanes of at least 4 members (excludes halogenated alkanes) is 12. The molecule has 15 heteroatoms. The monoisotopic (exact) mass is 836 g/mol. The van der Waals surface area contributed by atoms with Crippen molar-refractivity contribution in [2.75, 3.05) is 165 Å². The first kappa shape index (κ1) is 54.4. The summed E-state index contributed by atoms with van der Waals surface area (Å²) in [4.78, 5) is 24.0. The summed E-state index contributed by atoms with van der Waals surface area (Å²) in [6.07, 6.45) is 20.2. The highest BCUT2D eigenvalue weighted by Gasteiger charge is 2.22. The van der Waals surface area contributed by atoms with Crippen molar-refractivity contribution in [3.8, 4) is 0 Å². The van der Waals surface area contributed by atoms with Crippen LogP contribution < -0.4 is 0 Å². The van der Waals surface area contributed by atoms with Crippen LogP contribution >= 0.6 is 0 Å². The third kappa shape index (κ3) is 39.8. The number of nitrogens with zero attached hydrogens (tertiary/aromatic N) is 1. The fourth-order valence-corrected chi connectivity index (χ4v) is 5.55. The van der Waals surface area contributed by atoms with Gasteiger partial charge in [-0.2, -0.15) is 0 Å². The van der Waals surface area contributed by atoms with Gasteiger partial charge in [-0.15, -0.1) is 0 Å². The Bertz CT molecular complexity index is 881. The average molecular weight is 836 g/mol. The highest BCUT2D eigenvalue weighted by Crippen LogP contribution is 2.12. The largest absolute Gasteiger partial charge is 0.379 e. The van der Waals surface area contributed by atoms with Crippen molar-refractivity contribution in [2.45, 2.75) is 90.4 Å². The van der Waals surface area contributed by atoms with E-state index < -0.39 is 0 Å². The van der Waals surface area contributed by atoms with Crippen LogP contribution in [0.2, 0.25) is 0 Å². The van der Waals surface area contributed by atoms with Gasteiger partial charge in [-0.1, -0.05) is 84.0 Å². The Morgan fingerprint density at radius 1 is 0.293 bits per heavy atom. The molecule has 0 spiro atoms. The van der Waals surface area contributed by atoms with E-state index in [0.29, 0.717) is 145 Å². The fraction of sp³-hybridized carbons (Fsp3) is 0.907. The van der Waals surface area contributed by atoms with Crippen LogP contribution in [0.25, 0.3) is 0 Å². The maximum atomic E-state index is 11.4. The van der Waals surface area contributed by atoms with Crippen molar-refractivity contribution in [3.63, 3.8) is 0 Å². The Labute approximate surface area is 350 Å². The lowest BCUT2D eigenvalue weighted by atomic mass is 10.0. The highest BCUT2D eigenvalue weighted by molar-refractivity contribution is 6.12. The Balaban J connectivity index is 1.60. The normalized spacial score (nSPS) is 12.9. The maximum Gasteiger partial charge on any atom is 0.253 e. The molecule has 0 unspecified atom stereocenters. The van der Waals surface area contributed by atoms with Gasteiger partial charge in [0.25, 0.3) is 11.8 Å². The van der Waals surface area contributed by atoms with Crippen LogP contribution in [0.15, 0.2) is 12.2 Å². The van der Waals surface area contributed by atoms with Crippen LogP contribution in [0.4, 0.5) is 0 Å². The molecule has 0 N–H and O–H groups in total. The predicted molar refractivity (Wildman–Crippen MR) is 221 cm³/mol. The molecule has 0 aromatic carbocycles. The summed E-state index contributed by atoms with van der Waals surface area (Å²) in [6.45, 7) is 14.7. The molecule has 58 heavy (non-hydrogen) atoms. The first-order chi connectivity index (χ1) is 28.8. The molecular formula is C43H81NO14. The van der Waals surface area contributed by atoms with E-state index in [1.807, 2.05) is 0 Å². The molecule has 2 amide bonds. The lowest BCUT2D eigenvalue weighted by Crippen LogP contribution is -2.33. The fourth-order valence-electron chi connectivity index (χ4n) is 5.55. The minimum absolute atomic E-state index is 0.240. The summed E-state index contributed by atoms with van der Waals surface area (Å²) in [6, 6.07) is 0. The van der Waals surface area contributed by atoms with Crippen LogP contribution in [-0.4, -0.2) is 182 Å². The van der Waals surface area contributed by atoms with Gasteiger partial charge in [0, 0.05) is 18.8 Å². The molecule has 0 aromatic rings. The van der Waals surface area contributed by atoms with E-state index in [-0.39, 0.29) is 25.0 Å². The summed E-state index contributed by atoms with van der Waals surface area (Å²) >= 11 is 0. The first-order valence-corrected chi connectivity index (χ1v) is 22.2. The van der Waals surface area contributed by atoms with Crippen molar-refractivity contribution in [1.29, 1.82) is 0 Å². The predicted octanol–water partition coefficient (Wildman–Crippen LogP) is 5.20. The Hall–Kier alpha value is -1.60. The Morgan fingerprint density at radius 2 is 0.500 bits per heavy atom. The van der Waals surface area contributed by atoms with Gasteiger partial charge in [0.2, 0.25) is 0 Å². The zero-order chi connectivity index (χ0) is 41.5. The SMILES string of the molecule is CCCCCCCCCCCCCCCOCCOCCOCCOCCOCCOCCOCCOCCOCCOCCOCCOCCN1C(=O)C=CC1=O. The van der Waals surface area contributed by atoms with Gasteiger partial charge in [-0.25, -0.2) is 0 Å². The Morgan fingerprint density at radius 3 is 0.759 bits per heavy atom. The van der Waals surface area contributed by atoms with E-state index in [2.05, 4.69) is 6.92 Å². The van der Waals surface area contributed by atoms with Crippen LogP contribution in [0, 0.1) is 0 Å². The van der Waals surface area contributed by atoms with Crippen molar-refractivity contribution in [1.82, 2.24) is 4.90 Å². The maximum absolute atomic E-state index is 11.4. The number of amides is 2. The third-order valence-electron chi connectivity index (χ3n) is 8.84. The number of carbonyl (C=O) groups excluding carboxylic acids is 2. The van der Waals surface area contributed by atoms with Crippen LogP contribution in [0.1, 0.15) is 90.4 Å². The van der Waals surface area contributed by atoms with Crippen LogP contribution in [-0.2, 0) is 66.4 Å². The topological polar surface area (TPSA) is 148 Å². The number of imide groups is 1. The van der Waals surface area contributed by atoms with Gasteiger partial charge in [0.05, 0.1) is 159 Å². The molecule has 342 valence electrons. The second-order valence-electron chi connectivity index (χ2n) is 13.8. The molecule has 0 radical (unpaired) electrons. The van der Waals surface area contributed by atoms with Gasteiger partial charge in [-0.05, 0) is 6.42 Å². The molecule has 1 aliphatic heterocycles. The van der Waals surface area contributed by atoms with Gasteiger partial charge >= 0.3 is 0 Å². The zero-order valence-corrected chi connectivity index (χ0v) is 36.2. The number of ether oxygens (including phenoxy) is 12. The van der Waals surface area contributed by atoms with E-state index >= 15 is 0 Å². The van der Waals surface area contributed by atoms with Crippen molar-refractivity contribution >= 4 is 11.8 Å². The van der Waals surface area contributed by atoms with E-state index in [1.165, 1.54) is 89.2 Å². The molecule has 1 aliphatic rings. The van der Waals surface area contributed by atoms with Crippen molar-refractivity contribution in [2.24, 2.45) is 0 Å². The molecule has 0 fully saturated rings. The minimum atomic E-state index is -0.305. The van der Waals surface area contributed by atoms with E-state index in [1.54, 1.807) is 0 Å². The summed E-state index contributed by atoms with van der Waals surface area (Å²) in [7, 11) is 0. The third-order valence-corrected chi connectivity index (χ3v) is 8.84. The molecule has 0 atom stereocenters. The van der Waals surface area contributed by atoms with Crippen LogP contribution in [0.5, 0.6) is 0 Å². The van der Waals surface area contributed by atoms with E-state index in [9.17, 15) is 9.59 Å². The number of hydrogen-bond acceptors (Lipinski definition) is 14. The quantitative estimate of drug-likeness (QED) is 0.0584. The molecule has 0 bridgehead atoms. The molecule has 1 rings (SSSR count). The number of carbonyl (C=O) groups is 2. The lowest BCUT2D eigenvalue weighted by molar-refractivity contribution is -0.137. The standard InChI is InChI=1S/C43H81NO14/c1-2-3-4-5-6-7-8-9-10-11-12-13-14-18-47-20-22-49-24-26-51-28-30-53-32-34-55-36-38-57-40-41-58-39-37-56-35-33-54-31-29-52-27-25-50-23-21-48-19-17-44-42(45)15-16-43(44)46/h15-16H,2-14,17-41H2,1H3. The summed E-state index contributed by atoms with van der Waals surface area (Å²) < 4.78 is 66.1. The first-order valence-electron chi connectivity index (χ1n) is 22.2. The van der Waals surface area contributed by atoms with E-state index in [4.69, 9.17) is 56.8 Å². The lowest BCUT2D eigenvalue weighted by Gasteiger charge is -2.13. The molecular weight excluding hydrogens is 754 g/mol. The van der Waals surface area contributed by atoms with E-state index in [0.717, 1.165) is 17.9 Å². The second kappa shape index (κ2) is 46.5. The number of hydrogen-bond donors (Lipinski definition) is 0. The number of rotatable bonds is 50. The van der Waals surface area contributed by atoms with Crippen molar-refractivity contribution in [3.05, 3.63) is 12.2 Å². The summed E-state index contributed by atoms with van der Waals surface area (Å²) in [5.74, 6) is -0.610. The van der Waals surface area contributed by atoms with Gasteiger partial charge < -0.3 is 56.8 Å². The molecule has 0 saturated heterocycles. The summed E-state index contributed by atoms with van der Waals surface area (Å²) in [5.41, 5.74) is 0. The molecule has 0 saturated carbocycles. The highest BCUT2D eigenvalue weighted by atomic mass is 16.6. The summed E-state index contributed by atoms with van der Waals surface area (Å²) in [5, 5.41) is 0.